The molecule has 0 unspecified atom stereocenters. The molecule has 0 saturated heterocycles. The first-order chi connectivity index (χ1) is 15.5. The zero-order chi connectivity index (χ0) is 22.5. The second-order valence-corrected chi connectivity index (χ2v) is 9.05. The summed E-state index contributed by atoms with van der Waals surface area (Å²) >= 11 is 0. The van der Waals surface area contributed by atoms with Gasteiger partial charge >= 0.3 is 0 Å². The van der Waals surface area contributed by atoms with Gasteiger partial charge in [0.05, 0.1) is 13.2 Å². The van der Waals surface area contributed by atoms with Gasteiger partial charge in [0.1, 0.15) is 11.5 Å². The number of ether oxygens (including phenoxy) is 2. The molecule has 32 heavy (non-hydrogen) atoms. The van der Waals surface area contributed by atoms with E-state index in [0.717, 1.165) is 50.4 Å². The van der Waals surface area contributed by atoms with Crippen LogP contribution in [0, 0.1) is 27.7 Å². The van der Waals surface area contributed by atoms with Gasteiger partial charge in [0.25, 0.3) is 0 Å². The largest absolute Gasteiger partial charge is 0.493 e. The maximum Gasteiger partial charge on any atom is 0.122 e. The Morgan fingerprint density at radius 3 is 1.34 bits per heavy atom. The monoisotopic (exact) mass is 426 g/mol. The second kappa shape index (κ2) is 10.1. The average molecular weight is 427 g/mol. The minimum atomic E-state index is 0.766. The van der Waals surface area contributed by atoms with Crippen molar-refractivity contribution in [2.45, 2.75) is 53.4 Å². The Balaban J connectivity index is 1.18. The molecule has 0 aliphatic rings. The molecule has 0 aliphatic heterocycles. The Morgan fingerprint density at radius 1 is 0.469 bits per heavy atom. The summed E-state index contributed by atoms with van der Waals surface area (Å²) in [7, 11) is 0. The van der Waals surface area contributed by atoms with E-state index in [1.54, 1.807) is 0 Å². The molecule has 166 valence electrons. The van der Waals surface area contributed by atoms with Crippen LogP contribution in [0.2, 0.25) is 0 Å². The number of fused-ring (bicyclic) bond motifs is 2. The molecular weight excluding hydrogens is 392 g/mol. The number of hydrogen-bond acceptors (Lipinski definition) is 2. The van der Waals surface area contributed by atoms with Gasteiger partial charge in [-0.1, -0.05) is 47.5 Å². The van der Waals surface area contributed by atoms with Crippen molar-refractivity contribution in [2.75, 3.05) is 13.2 Å². The van der Waals surface area contributed by atoms with Crippen LogP contribution < -0.4 is 9.47 Å². The summed E-state index contributed by atoms with van der Waals surface area (Å²) in [4.78, 5) is 0. The van der Waals surface area contributed by atoms with Gasteiger partial charge in [-0.05, 0) is 110 Å². The van der Waals surface area contributed by atoms with E-state index in [1.165, 1.54) is 43.8 Å². The standard InChI is InChI=1S/C30H34O2/c1-21-9-11-25-19-29(23(3)17-27(25)15-21)31-13-7-5-6-8-14-32-30-20-26-12-10-22(2)16-28(26)18-24(30)4/h9-12,15-20H,5-8,13-14H2,1-4H3. The Kier molecular flexibility index (Phi) is 6.99. The lowest BCUT2D eigenvalue weighted by atomic mass is 10.0. The normalized spacial score (nSPS) is 11.2. The molecule has 0 heterocycles. The van der Waals surface area contributed by atoms with Crippen molar-refractivity contribution in [1.82, 2.24) is 0 Å². The van der Waals surface area contributed by atoms with Gasteiger partial charge in [0, 0.05) is 0 Å². The first-order valence-corrected chi connectivity index (χ1v) is 11.8. The van der Waals surface area contributed by atoms with E-state index < -0.39 is 0 Å². The molecule has 0 bridgehead atoms. The molecule has 2 nitrogen and oxygen atoms in total. The third-order valence-electron chi connectivity index (χ3n) is 6.13. The van der Waals surface area contributed by atoms with Gasteiger partial charge in [-0.3, -0.25) is 0 Å². The number of benzene rings is 4. The Labute approximate surface area is 192 Å². The topological polar surface area (TPSA) is 18.5 Å². The van der Waals surface area contributed by atoms with Crippen LogP contribution in [0.1, 0.15) is 47.9 Å². The summed E-state index contributed by atoms with van der Waals surface area (Å²) in [5.41, 5.74) is 5.00. The quantitative estimate of drug-likeness (QED) is 0.251. The van der Waals surface area contributed by atoms with Crippen LogP contribution in [0.25, 0.3) is 21.5 Å². The molecular formula is C30H34O2. The van der Waals surface area contributed by atoms with Crippen LogP contribution in [-0.2, 0) is 0 Å². The van der Waals surface area contributed by atoms with Crippen LogP contribution >= 0.6 is 0 Å². The molecule has 0 aliphatic carbocycles. The number of unbranched alkanes of at least 4 members (excludes halogenated alkanes) is 3. The smallest absolute Gasteiger partial charge is 0.122 e. The summed E-state index contributed by atoms with van der Waals surface area (Å²) in [5.74, 6) is 2.01. The minimum Gasteiger partial charge on any atom is -0.493 e. The Morgan fingerprint density at radius 2 is 0.906 bits per heavy atom. The van der Waals surface area contributed by atoms with Crippen molar-refractivity contribution in [3.8, 4) is 11.5 Å². The molecule has 0 saturated carbocycles. The lowest BCUT2D eigenvalue weighted by molar-refractivity contribution is 0.286. The molecule has 4 aromatic rings. The molecule has 4 aromatic carbocycles. The van der Waals surface area contributed by atoms with E-state index in [2.05, 4.69) is 88.4 Å². The zero-order valence-electron chi connectivity index (χ0n) is 19.8. The summed E-state index contributed by atoms with van der Waals surface area (Å²) in [6.45, 7) is 10.1. The fourth-order valence-corrected chi connectivity index (χ4v) is 4.25. The van der Waals surface area contributed by atoms with Crippen LogP contribution in [0.3, 0.4) is 0 Å². The second-order valence-electron chi connectivity index (χ2n) is 9.05. The highest BCUT2D eigenvalue weighted by Crippen LogP contribution is 2.28. The van der Waals surface area contributed by atoms with E-state index >= 15 is 0 Å². The first-order valence-electron chi connectivity index (χ1n) is 11.8. The maximum absolute atomic E-state index is 6.08. The van der Waals surface area contributed by atoms with Crippen LogP contribution in [0.15, 0.2) is 60.7 Å². The number of hydrogen-bond donors (Lipinski definition) is 0. The van der Waals surface area contributed by atoms with Crippen LogP contribution in [0.4, 0.5) is 0 Å². The fourth-order valence-electron chi connectivity index (χ4n) is 4.25. The van der Waals surface area contributed by atoms with Crippen molar-refractivity contribution in [2.24, 2.45) is 0 Å². The first kappa shape index (κ1) is 22.2. The van der Waals surface area contributed by atoms with Crippen LogP contribution in [0.5, 0.6) is 11.5 Å². The fraction of sp³-hybridized carbons (Fsp3) is 0.333. The van der Waals surface area contributed by atoms with Gasteiger partial charge in [-0.2, -0.15) is 0 Å². The van der Waals surface area contributed by atoms with Crippen molar-refractivity contribution >= 4 is 21.5 Å². The average Bonchev–Trinajstić information content (AvgIpc) is 2.76. The van der Waals surface area contributed by atoms with Crippen molar-refractivity contribution < 1.29 is 9.47 Å². The highest BCUT2D eigenvalue weighted by atomic mass is 16.5. The third kappa shape index (κ3) is 5.43. The summed E-state index contributed by atoms with van der Waals surface area (Å²) in [6.07, 6.45) is 4.45. The lowest BCUT2D eigenvalue weighted by Crippen LogP contribution is -2.01. The SMILES string of the molecule is Cc1ccc2cc(OCCCCCCOc3cc4ccc(C)cc4cc3C)c(C)cc2c1. The molecule has 0 spiro atoms. The number of aryl methyl sites for hydroxylation is 4. The Bertz CT molecular complexity index is 1130. The van der Waals surface area contributed by atoms with Gasteiger partial charge < -0.3 is 9.47 Å². The van der Waals surface area contributed by atoms with E-state index in [0.29, 0.717) is 0 Å². The summed E-state index contributed by atoms with van der Waals surface area (Å²) in [5, 5.41) is 5.05. The predicted molar refractivity (Wildman–Crippen MR) is 136 cm³/mol. The van der Waals surface area contributed by atoms with Gasteiger partial charge in [0.2, 0.25) is 0 Å². The Hall–Kier alpha value is -3.00. The van der Waals surface area contributed by atoms with E-state index in [9.17, 15) is 0 Å². The van der Waals surface area contributed by atoms with Crippen molar-refractivity contribution in [3.05, 3.63) is 82.9 Å². The molecule has 0 aromatic heterocycles. The highest BCUT2D eigenvalue weighted by Gasteiger charge is 2.05. The van der Waals surface area contributed by atoms with Crippen molar-refractivity contribution in [1.29, 1.82) is 0 Å². The molecule has 2 heteroatoms. The molecule has 4 rings (SSSR count). The molecule has 0 radical (unpaired) electrons. The predicted octanol–water partition coefficient (Wildman–Crippen LogP) is 8.24. The molecule has 0 N–H and O–H groups in total. The zero-order valence-corrected chi connectivity index (χ0v) is 19.8. The molecule has 0 amide bonds. The van der Waals surface area contributed by atoms with Gasteiger partial charge in [0.15, 0.2) is 0 Å². The number of rotatable bonds is 9. The third-order valence-corrected chi connectivity index (χ3v) is 6.13. The van der Waals surface area contributed by atoms with E-state index in [1.807, 2.05) is 0 Å². The van der Waals surface area contributed by atoms with Crippen molar-refractivity contribution in [3.63, 3.8) is 0 Å². The van der Waals surface area contributed by atoms with Gasteiger partial charge in [-0.25, -0.2) is 0 Å². The van der Waals surface area contributed by atoms with E-state index in [4.69, 9.17) is 9.47 Å². The molecule has 0 fully saturated rings. The summed E-state index contributed by atoms with van der Waals surface area (Å²) < 4.78 is 12.2. The van der Waals surface area contributed by atoms with Crippen LogP contribution in [-0.4, -0.2) is 13.2 Å². The maximum atomic E-state index is 6.08. The van der Waals surface area contributed by atoms with E-state index in [-0.39, 0.29) is 0 Å². The lowest BCUT2D eigenvalue weighted by Gasteiger charge is -2.12. The van der Waals surface area contributed by atoms with Gasteiger partial charge in [-0.15, -0.1) is 0 Å². The summed E-state index contributed by atoms with van der Waals surface area (Å²) in [6, 6.07) is 21.9. The minimum absolute atomic E-state index is 0.766. The molecule has 0 atom stereocenters. The highest BCUT2D eigenvalue weighted by molar-refractivity contribution is 5.86.